The zero-order valence-corrected chi connectivity index (χ0v) is 13.0. The van der Waals surface area contributed by atoms with E-state index in [-0.39, 0.29) is 5.82 Å². The van der Waals surface area contributed by atoms with E-state index in [0.717, 1.165) is 23.4 Å². The maximum atomic E-state index is 13.6. The third-order valence-electron chi connectivity index (χ3n) is 3.35. The van der Waals surface area contributed by atoms with Crippen LogP contribution in [0.2, 0.25) is 0 Å². The molecule has 0 amide bonds. The highest BCUT2D eigenvalue weighted by molar-refractivity contribution is 5.39. The molecule has 1 aromatic carbocycles. The van der Waals surface area contributed by atoms with Gasteiger partial charge in [-0.05, 0) is 50.6 Å². The van der Waals surface area contributed by atoms with Crippen LogP contribution in [0, 0.1) is 26.6 Å². The summed E-state index contributed by atoms with van der Waals surface area (Å²) in [7, 11) is 0. The van der Waals surface area contributed by atoms with Crippen LogP contribution in [0.3, 0.4) is 0 Å². The van der Waals surface area contributed by atoms with Crippen molar-refractivity contribution in [1.29, 1.82) is 0 Å². The van der Waals surface area contributed by atoms with Gasteiger partial charge in [-0.25, -0.2) is 9.37 Å². The fourth-order valence-corrected chi connectivity index (χ4v) is 2.13. The van der Waals surface area contributed by atoms with Crippen molar-refractivity contribution in [1.82, 2.24) is 10.3 Å². The van der Waals surface area contributed by atoms with Gasteiger partial charge in [-0.1, -0.05) is 13.0 Å². The number of hydrogen-bond acceptors (Lipinski definition) is 3. The molecular formula is C17H21FN2O. The molecule has 1 heterocycles. The number of pyridine rings is 1. The molecule has 0 radical (unpaired) electrons. The molecule has 0 atom stereocenters. The molecule has 0 unspecified atom stereocenters. The maximum absolute atomic E-state index is 13.6. The summed E-state index contributed by atoms with van der Waals surface area (Å²) in [6, 6.07) is 6.88. The molecule has 1 N–H and O–H groups in total. The van der Waals surface area contributed by atoms with Gasteiger partial charge >= 0.3 is 0 Å². The largest absolute Gasteiger partial charge is 0.439 e. The van der Waals surface area contributed by atoms with Crippen LogP contribution in [0.1, 0.15) is 29.3 Å². The van der Waals surface area contributed by atoms with Gasteiger partial charge in [0.2, 0.25) is 5.88 Å². The molecule has 0 aliphatic heterocycles. The predicted octanol–water partition coefficient (Wildman–Crippen LogP) is 4.05. The van der Waals surface area contributed by atoms with Crippen molar-refractivity contribution in [3.05, 3.63) is 52.5 Å². The number of rotatable bonds is 5. The standard InChI is InChI=1S/C17H21FN2O/c1-5-19-10-15-12(3)8-13(4)20-17(15)21-14-7-6-11(2)16(18)9-14/h6-9,19H,5,10H2,1-4H3. The Bertz CT molecular complexity index is 641. The van der Waals surface area contributed by atoms with Gasteiger partial charge < -0.3 is 10.1 Å². The molecule has 0 saturated carbocycles. The summed E-state index contributed by atoms with van der Waals surface area (Å²) in [4.78, 5) is 4.45. The lowest BCUT2D eigenvalue weighted by Crippen LogP contribution is -2.14. The lowest BCUT2D eigenvalue weighted by Gasteiger charge is -2.14. The van der Waals surface area contributed by atoms with E-state index in [4.69, 9.17) is 4.74 Å². The topological polar surface area (TPSA) is 34.2 Å². The third kappa shape index (κ3) is 3.79. The average Bonchev–Trinajstić information content (AvgIpc) is 2.42. The highest BCUT2D eigenvalue weighted by atomic mass is 19.1. The SMILES string of the molecule is CCNCc1c(C)cc(C)nc1Oc1ccc(C)c(F)c1. The normalized spacial score (nSPS) is 10.7. The van der Waals surface area contributed by atoms with Crippen LogP contribution in [-0.2, 0) is 6.54 Å². The summed E-state index contributed by atoms with van der Waals surface area (Å²) < 4.78 is 19.4. The summed E-state index contributed by atoms with van der Waals surface area (Å²) in [6.45, 7) is 9.28. The number of benzene rings is 1. The molecule has 1 aromatic heterocycles. The van der Waals surface area contributed by atoms with Crippen LogP contribution >= 0.6 is 0 Å². The first-order chi connectivity index (χ1) is 10.0. The van der Waals surface area contributed by atoms with Crippen molar-refractivity contribution in [2.24, 2.45) is 0 Å². The highest BCUT2D eigenvalue weighted by Gasteiger charge is 2.11. The van der Waals surface area contributed by atoms with Gasteiger partial charge in [-0.3, -0.25) is 0 Å². The second-order valence-corrected chi connectivity index (χ2v) is 5.16. The van der Waals surface area contributed by atoms with Gasteiger partial charge in [-0.2, -0.15) is 0 Å². The van der Waals surface area contributed by atoms with Gasteiger partial charge in [0.05, 0.1) is 0 Å². The van der Waals surface area contributed by atoms with Crippen LogP contribution in [0.15, 0.2) is 24.3 Å². The molecule has 112 valence electrons. The number of ether oxygens (including phenoxy) is 1. The van der Waals surface area contributed by atoms with Crippen molar-refractivity contribution < 1.29 is 9.13 Å². The molecule has 2 aromatic rings. The van der Waals surface area contributed by atoms with E-state index < -0.39 is 0 Å². The van der Waals surface area contributed by atoms with Crippen molar-refractivity contribution in [2.75, 3.05) is 6.54 Å². The number of nitrogens with zero attached hydrogens (tertiary/aromatic N) is 1. The summed E-state index contributed by atoms with van der Waals surface area (Å²) in [5, 5.41) is 3.28. The number of aryl methyl sites for hydroxylation is 3. The van der Waals surface area contributed by atoms with Crippen molar-refractivity contribution in [2.45, 2.75) is 34.2 Å². The molecule has 0 saturated heterocycles. The lowest BCUT2D eigenvalue weighted by atomic mass is 10.1. The maximum Gasteiger partial charge on any atom is 0.224 e. The first kappa shape index (κ1) is 15.4. The molecule has 21 heavy (non-hydrogen) atoms. The van der Waals surface area contributed by atoms with E-state index in [1.807, 2.05) is 26.8 Å². The smallest absolute Gasteiger partial charge is 0.224 e. The summed E-state index contributed by atoms with van der Waals surface area (Å²) in [5.74, 6) is 0.732. The molecule has 0 fully saturated rings. The van der Waals surface area contributed by atoms with Gasteiger partial charge in [-0.15, -0.1) is 0 Å². The van der Waals surface area contributed by atoms with E-state index in [9.17, 15) is 4.39 Å². The second-order valence-electron chi connectivity index (χ2n) is 5.16. The van der Waals surface area contributed by atoms with E-state index in [0.29, 0.717) is 23.7 Å². The van der Waals surface area contributed by atoms with Crippen LogP contribution in [-0.4, -0.2) is 11.5 Å². The van der Waals surface area contributed by atoms with Gasteiger partial charge in [0.15, 0.2) is 0 Å². The number of hydrogen-bond donors (Lipinski definition) is 1. The Morgan fingerprint density at radius 3 is 2.57 bits per heavy atom. The summed E-state index contributed by atoms with van der Waals surface area (Å²) in [6.07, 6.45) is 0. The molecule has 0 aliphatic rings. The Balaban J connectivity index is 2.35. The third-order valence-corrected chi connectivity index (χ3v) is 3.35. The van der Waals surface area contributed by atoms with Crippen LogP contribution in [0.25, 0.3) is 0 Å². The van der Waals surface area contributed by atoms with Crippen LogP contribution < -0.4 is 10.1 Å². The number of halogens is 1. The minimum Gasteiger partial charge on any atom is -0.439 e. The van der Waals surface area contributed by atoms with Gasteiger partial charge in [0.25, 0.3) is 0 Å². The second kappa shape index (κ2) is 6.68. The van der Waals surface area contributed by atoms with Crippen LogP contribution in [0.4, 0.5) is 4.39 Å². The predicted molar refractivity (Wildman–Crippen MR) is 82.3 cm³/mol. The van der Waals surface area contributed by atoms with E-state index >= 15 is 0 Å². The Morgan fingerprint density at radius 1 is 1.14 bits per heavy atom. The van der Waals surface area contributed by atoms with Crippen molar-refractivity contribution in [3.8, 4) is 11.6 Å². The summed E-state index contributed by atoms with van der Waals surface area (Å²) in [5.41, 5.74) is 3.61. The summed E-state index contributed by atoms with van der Waals surface area (Å²) >= 11 is 0. The molecule has 2 rings (SSSR count). The van der Waals surface area contributed by atoms with Crippen LogP contribution in [0.5, 0.6) is 11.6 Å². The molecule has 0 spiro atoms. The minimum absolute atomic E-state index is 0.273. The zero-order valence-electron chi connectivity index (χ0n) is 13.0. The average molecular weight is 288 g/mol. The van der Waals surface area contributed by atoms with Crippen molar-refractivity contribution >= 4 is 0 Å². The number of aromatic nitrogens is 1. The molecule has 0 aliphatic carbocycles. The Morgan fingerprint density at radius 2 is 1.90 bits per heavy atom. The lowest BCUT2D eigenvalue weighted by molar-refractivity contribution is 0.446. The fourth-order valence-electron chi connectivity index (χ4n) is 2.13. The molecular weight excluding hydrogens is 267 g/mol. The Labute approximate surface area is 125 Å². The molecule has 4 heteroatoms. The monoisotopic (exact) mass is 288 g/mol. The highest BCUT2D eigenvalue weighted by Crippen LogP contribution is 2.27. The quantitative estimate of drug-likeness (QED) is 0.901. The zero-order chi connectivity index (χ0) is 15.4. The van der Waals surface area contributed by atoms with Crippen molar-refractivity contribution in [3.63, 3.8) is 0 Å². The number of nitrogens with one attached hydrogen (secondary N) is 1. The molecule has 0 bridgehead atoms. The van der Waals surface area contributed by atoms with Gasteiger partial charge in [0.1, 0.15) is 11.6 Å². The Kier molecular flexibility index (Phi) is 4.91. The Hall–Kier alpha value is -1.94. The van der Waals surface area contributed by atoms with Gasteiger partial charge in [0, 0.05) is 23.9 Å². The first-order valence-corrected chi connectivity index (χ1v) is 7.13. The van der Waals surface area contributed by atoms with E-state index in [1.165, 1.54) is 6.07 Å². The minimum atomic E-state index is -0.273. The van der Waals surface area contributed by atoms with E-state index in [2.05, 4.69) is 10.3 Å². The first-order valence-electron chi connectivity index (χ1n) is 7.13. The molecule has 3 nitrogen and oxygen atoms in total. The fraction of sp³-hybridized carbons (Fsp3) is 0.353. The van der Waals surface area contributed by atoms with E-state index in [1.54, 1.807) is 19.1 Å².